The summed E-state index contributed by atoms with van der Waals surface area (Å²) in [7, 11) is -5.47. The standard InChI is InChI=1S/C20H18ClF3N2O4S/c1-3-26-16-7-6-13(31(28,29)20(22,23)24)11-15(16)25-18(26)8-5-12-9-14(21)19(27)17(10-12)30-4-2/h5-11,27H,3-4H2,1-2H3/b8-5+. The maximum Gasteiger partial charge on any atom is 0.501 e. The highest BCUT2D eigenvalue weighted by atomic mass is 35.5. The lowest BCUT2D eigenvalue weighted by atomic mass is 10.2. The monoisotopic (exact) mass is 474 g/mol. The summed E-state index contributed by atoms with van der Waals surface area (Å²) in [5.74, 6) is 0.432. The largest absolute Gasteiger partial charge is 0.503 e. The van der Waals surface area contributed by atoms with E-state index in [-0.39, 0.29) is 22.0 Å². The minimum absolute atomic E-state index is 0.0941. The molecule has 0 aliphatic heterocycles. The number of benzene rings is 2. The molecular formula is C20H18ClF3N2O4S. The van der Waals surface area contributed by atoms with Gasteiger partial charge in [-0.15, -0.1) is 0 Å². The number of imidazole rings is 1. The van der Waals surface area contributed by atoms with Gasteiger partial charge >= 0.3 is 5.51 Å². The molecule has 0 saturated heterocycles. The molecule has 0 amide bonds. The average molecular weight is 475 g/mol. The van der Waals surface area contributed by atoms with Gasteiger partial charge in [-0.25, -0.2) is 13.4 Å². The molecule has 1 N–H and O–H groups in total. The Morgan fingerprint density at radius 1 is 1.19 bits per heavy atom. The van der Waals surface area contributed by atoms with Crippen molar-refractivity contribution in [2.75, 3.05) is 6.61 Å². The molecule has 0 aliphatic carbocycles. The Bertz CT molecular complexity index is 1270. The predicted molar refractivity (Wildman–Crippen MR) is 112 cm³/mol. The molecule has 0 aliphatic rings. The van der Waals surface area contributed by atoms with E-state index in [0.29, 0.717) is 30.1 Å². The highest BCUT2D eigenvalue weighted by Gasteiger charge is 2.47. The fraction of sp³-hybridized carbons (Fsp3) is 0.250. The number of hydrogen-bond acceptors (Lipinski definition) is 5. The molecule has 0 bridgehead atoms. The van der Waals surface area contributed by atoms with Gasteiger partial charge in [-0.3, -0.25) is 0 Å². The molecule has 6 nitrogen and oxygen atoms in total. The number of rotatable bonds is 6. The van der Waals surface area contributed by atoms with Gasteiger partial charge in [-0.1, -0.05) is 17.7 Å². The van der Waals surface area contributed by atoms with Crippen molar-refractivity contribution in [1.82, 2.24) is 9.55 Å². The first kappa shape index (κ1) is 23.0. The van der Waals surface area contributed by atoms with Gasteiger partial charge in [0.2, 0.25) is 0 Å². The van der Waals surface area contributed by atoms with Crippen LogP contribution in [0.2, 0.25) is 5.02 Å². The van der Waals surface area contributed by atoms with Crippen LogP contribution < -0.4 is 4.74 Å². The summed E-state index contributed by atoms with van der Waals surface area (Å²) >= 11 is 6.02. The number of aromatic nitrogens is 2. The minimum atomic E-state index is -5.47. The zero-order valence-electron chi connectivity index (χ0n) is 16.4. The van der Waals surface area contributed by atoms with Crippen LogP contribution in [0.5, 0.6) is 11.5 Å². The van der Waals surface area contributed by atoms with Crippen LogP contribution in [0.3, 0.4) is 0 Å². The molecule has 2 aromatic carbocycles. The molecule has 11 heteroatoms. The third-order valence-corrected chi connectivity index (χ3v) is 6.23. The van der Waals surface area contributed by atoms with Gasteiger partial charge in [0.05, 0.1) is 27.6 Å². The first-order valence-corrected chi connectivity index (χ1v) is 11.0. The smallest absolute Gasteiger partial charge is 0.501 e. The zero-order valence-corrected chi connectivity index (χ0v) is 18.0. The van der Waals surface area contributed by atoms with Gasteiger partial charge in [-0.05, 0) is 55.8 Å². The van der Waals surface area contributed by atoms with Gasteiger partial charge in [0, 0.05) is 6.54 Å². The van der Waals surface area contributed by atoms with Gasteiger partial charge < -0.3 is 14.4 Å². The number of ether oxygens (including phenoxy) is 1. The predicted octanol–water partition coefficient (Wildman–Crippen LogP) is 5.28. The van der Waals surface area contributed by atoms with Crippen LogP contribution >= 0.6 is 11.6 Å². The first-order valence-electron chi connectivity index (χ1n) is 9.14. The molecule has 0 atom stereocenters. The molecule has 1 aromatic heterocycles. The highest BCUT2D eigenvalue weighted by Crippen LogP contribution is 2.36. The lowest BCUT2D eigenvalue weighted by Crippen LogP contribution is -2.23. The molecule has 0 fully saturated rings. The van der Waals surface area contributed by atoms with Crippen molar-refractivity contribution in [3.05, 3.63) is 46.7 Å². The van der Waals surface area contributed by atoms with Crippen molar-refractivity contribution in [3.8, 4) is 11.5 Å². The summed E-state index contributed by atoms with van der Waals surface area (Å²) in [5, 5.41) is 10.0. The summed E-state index contributed by atoms with van der Waals surface area (Å²) in [6.07, 6.45) is 3.26. The van der Waals surface area contributed by atoms with E-state index in [0.717, 1.165) is 12.1 Å². The van der Waals surface area contributed by atoms with Crippen LogP contribution in [0.4, 0.5) is 13.2 Å². The number of phenols is 1. The Balaban J connectivity index is 2.05. The van der Waals surface area contributed by atoms with Crippen LogP contribution in [0.1, 0.15) is 25.2 Å². The number of aromatic hydroxyl groups is 1. The second-order valence-corrected chi connectivity index (χ2v) is 8.78. The van der Waals surface area contributed by atoms with Crippen molar-refractivity contribution in [2.24, 2.45) is 0 Å². The first-order chi connectivity index (χ1) is 14.5. The van der Waals surface area contributed by atoms with Gasteiger partial charge in [0.1, 0.15) is 5.82 Å². The van der Waals surface area contributed by atoms with Gasteiger partial charge in [0.25, 0.3) is 9.84 Å². The SMILES string of the molecule is CCOc1cc(/C=C/c2nc3cc(S(=O)(=O)C(F)(F)F)ccc3n2CC)cc(Cl)c1O. The van der Waals surface area contributed by atoms with E-state index in [4.69, 9.17) is 16.3 Å². The number of nitrogens with zero attached hydrogens (tertiary/aromatic N) is 2. The van der Waals surface area contributed by atoms with E-state index in [1.807, 2.05) is 6.92 Å². The second-order valence-electron chi connectivity index (χ2n) is 6.43. The maximum absolute atomic E-state index is 12.9. The number of hydrogen-bond donors (Lipinski definition) is 1. The molecule has 0 unspecified atom stereocenters. The van der Waals surface area contributed by atoms with Crippen LogP contribution in [-0.2, 0) is 16.4 Å². The Morgan fingerprint density at radius 3 is 2.52 bits per heavy atom. The van der Waals surface area contributed by atoms with Crippen molar-refractivity contribution in [1.29, 1.82) is 0 Å². The summed E-state index contributed by atoms with van der Waals surface area (Å²) < 4.78 is 69.0. The van der Waals surface area contributed by atoms with E-state index in [1.54, 1.807) is 29.7 Å². The average Bonchev–Trinajstić information content (AvgIpc) is 3.05. The van der Waals surface area contributed by atoms with E-state index < -0.39 is 20.2 Å². The summed E-state index contributed by atoms with van der Waals surface area (Å²) in [5.41, 5.74) is -4.19. The van der Waals surface area contributed by atoms with E-state index in [1.165, 1.54) is 12.1 Å². The maximum atomic E-state index is 12.9. The Kier molecular flexibility index (Phi) is 6.24. The number of sulfone groups is 1. The third-order valence-electron chi connectivity index (χ3n) is 4.46. The summed E-state index contributed by atoms with van der Waals surface area (Å²) in [6.45, 7) is 4.35. The lowest BCUT2D eigenvalue weighted by molar-refractivity contribution is -0.0435. The quantitative estimate of drug-likeness (QED) is 0.526. The Labute approximate surface area is 181 Å². The van der Waals surface area contributed by atoms with Crippen LogP contribution in [0, 0.1) is 0 Å². The van der Waals surface area contributed by atoms with E-state index in [9.17, 15) is 26.7 Å². The topological polar surface area (TPSA) is 81.4 Å². The molecule has 0 radical (unpaired) electrons. The fourth-order valence-corrected chi connectivity index (χ4v) is 4.02. The van der Waals surface area contributed by atoms with Crippen molar-refractivity contribution >= 4 is 44.6 Å². The van der Waals surface area contributed by atoms with Crippen molar-refractivity contribution in [3.63, 3.8) is 0 Å². The number of phenolic OH excluding ortho intramolecular Hbond substituents is 1. The molecule has 31 heavy (non-hydrogen) atoms. The summed E-state index contributed by atoms with van der Waals surface area (Å²) in [4.78, 5) is 3.42. The highest BCUT2D eigenvalue weighted by molar-refractivity contribution is 7.92. The van der Waals surface area contributed by atoms with Crippen LogP contribution in [0.25, 0.3) is 23.2 Å². The van der Waals surface area contributed by atoms with Crippen molar-refractivity contribution in [2.45, 2.75) is 30.8 Å². The lowest BCUT2D eigenvalue weighted by Gasteiger charge is -2.08. The second kappa shape index (κ2) is 8.43. The number of alkyl halides is 3. The Hall–Kier alpha value is -2.72. The van der Waals surface area contributed by atoms with E-state index >= 15 is 0 Å². The fourth-order valence-electron chi connectivity index (χ4n) is 3.01. The molecule has 0 saturated carbocycles. The number of fused-ring (bicyclic) bond motifs is 1. The summed E-state index contributed by atoms with van der Waals surface area (Å²) in [6, 6.07) is 6.22. The molecular weight excluding hydrogens is 457 g/mol. The molecule has 1 heterocycles. The van der Waals surface area contributed by atoms with Crippen LogP contribution in [-0.4, -0.2) is 35.2 Å². The van der Waals surface area contributed by atoms with Gasteiger partial charge in [-0.2, -0.15) is 13.2 Å². The Morgan fingerprint density at radius 2 is 1.90 bits per heavy atom. The van der Waals surface area contributed by atoms with Gasteiger partial charge in [0.15, 0.2) is 11.5 Å². The number of halogens is 4. The molecule has 3 aromatic rings. The molecule has 0 spiro atoms. The normalized spacial score (nSPS) is 12.7. The number of aryl methyl sites for hydroxylation is 1. The van der Waals surface area contributed by atoms with Crippen LogP contribution in [0.15, 0.2) is 35.2 Å². The van der Waals surface area contributed by atoms with E-state index in [2.05, 4.69) is 4.98 Å². The van der Waals surface area contributed by atoms with Crippen molar-refractivity contribution < 1.29 is 31.4 Å². The molecule has 3 rings (SSSR count). The zero-order chi connectivity index (χ0) is 23.0. The minimum Gasteiger partial charge on any atom is -0.503 e. The molecule has 166 valence electrons. The third kappa shape index (κ3) is 4.35.